The minimum Gasteiger partial charge on any atom is -0.366 e. The molecule has 3 N–H and O–H groups in total. The van der Waals surface area contributed by atoms with Gasteiger partial charge in [0.2, 0.25) is 11.8 Å². The Bertz CT molecular complexity index is 1130. The van der Waals surface area contributed by atoms with E-state index in [-0.39, 0.29) is 17.3 Å². The summed E-state index contributed by atoms with van der Waals surface area (Å²) in [7, 11) is 0. The van der Waals surface area contributed by atoms with Gasteiger partial charge in [-0.1, -0.05) is 17.8 Å². The molecule has 10 nitrogen and oxygen atoms in total. The Labute approximate surface area is 181 Å². The lowest BCUT2D eigenvalue weighted by Crippen LogP contribution is -2.15. The van der Waals surface area contributed by atoms with Crippen LogP contribution < -0.4 is 11.1 Å². The van der Waals surface area contributed by atoms with Crippen LogP contribution in [0, 0.1) is 10.1 Å². The average Bonchev–Trinajstić information content (AvgIpc) is 3.15. The predicted octanol–water partition coefficient (Wildman–Crippen LogP) is 2.87. The fourth-order valence-corrected chi connectivity index (χ4v) is 3.43. The van der Waals surface area contributed by atoms with E-state index in [1.54, 1.807) is 34.9 Å². The molecule has 0 aliphatic rings. The number of primary amides is 1. The maximum atomic E-state index is 12.3. The van der Waals surface area contributed by atoms with E-state index in [9.17, 15) is 19.7 Å². The van der Waals surface area contributed by atoms with Crippen LogP contribution in [0.15, 0.2) is 66.3 Å². The maximum Gasteiger partial charge on any atom is 0.269 e. The second kappa shape index (κ2) is 9.67. The lowest BCUT2D eigenvalue weighted by molar-refractivity contribution is -0.384. The Morgan fingerprint density at radius 1 is 1.16 bits per heavy atom. The van der Waals surface area contributed by atoms with Gasteiger partial charge in [-0.25, -0.2) is 0 Å². The second-order valence-corrected chi connectivity index (χ2v) is 7.23. The molecule has 0 aliphatic heterocycles. The van der Waals surface area contributed by atoms with Gasteiger partial charge in [0.05, 0.1) is 10.7 Å². The molecule has 1 heterocycles. The van der Waals surface area contributed by atoms with Crippen LogP contribution in [0.25, 0.3) is 11.4 Å². The average molecular weight is 438 g/mol. The molecule has 2 aromatic carbocycles. The summed E-state index contributed by atoms with van der Waals surface area (Å²) in [5, 5.41) is 22.4. The van der Waals surface area contributed by atoms with Crippen molar-refractivity contribution in [2.75, 3.05) is 11.1 Å². The van der Waals surface area contributed by atoms with E-state index < -0.39 is 10.8 Å². The second-order valence-electron chi connectivity index (χ2n) is 6.29. The molecule has 0 spiro atoms. The largest absolute Gasteiger partial charge is 0.366 e. The number of carbonyl (C=O) groups is 2. The van der Waals surface area contributed by atoms with E-state index in [0.29, 0.717) is 34.3 Å². The van der Waals surface area contributed by atoms with Crippen molar-refractivity contribution >= 4 is 35.0 Å². The predicted molar refractivity (Wildman–Crippen MR) is 117 cm³/mol. The minimum atomic E-state index is -0.543. The van der Waals surface area contributed by atoms with Gasteiger partial charge < -0.3 is 11.1 Å². The molecule has 2 amide bonds. The van der Waals surface area contributed by atoms with Crippen molar-refractivity contribution in [2.24, 2.45) is 5.73 Å². The lowest BCUT2D eigenvalue weighted by Gasteiger charge is -2.08. The number of allylic oxidation sites excluding steroid dienone is 1. The summed E-state index contributed by atoms with van der Waals surface area (Å²) < 4.78 is 1.77. The number of amides is 2. The first kappa shape index (κ1) is 21.7. The molecule has 11 heteroatoms. The zero-order valence-electron chi connectivity index (χ0n) is 16.2. The Kier molecular flexibility index (Phi) is 6.78. The Hall–Kier alpha value is -3.99. The quantitative estimate of drug-likeness (QED) is 0.226. The first-order valence-corrected chi connectivity index (χ1v) is 9.99. The first-order valence-electron chi connectivity index (χ1n) is 9.00. The van der Waals surface area contributed by atoms with Gasteiger partial charge >= 0.3 is 0 Å². The number of nitrogens with one attached hydrogen (secondary N) is 1. The van der Waals surface area contributed by atoms with Crippen molar-refractivity contribution in [1.29, 1.82) is 0 Å². The normalized spacial score (nSPS) is 10.5. The van der Waals surface area contributed by atoms with Gasteiger partial charge in [-0.15, -0.1) is 16.8 Å². The fraction of sp³-hybridized carbons (Fsp3) is 0.100. The van der Waals surface area contributed by atoms with Crippen LogP contribution in [0.1, 0.15) is 10.4 Å². The van der Waals surface area contributed by atoms with Crippen LogP contribution in [-0.2, 0) is 11.3 Å². The number of anilines is 1. The number of benzene rings is 2. The molecular weight excluding hydrogens is 420 g/mol. The molecule has 1 aromatic heterocycles. The van der Waals surface area contributed by atoms with E-state index >= 15 is 0 Å². The number of rotatable bonds is 9. The molecule has 0 radical (unpaired) electrons. The smallest absolute Gasteiger partial charge is 0.269 e. The van der Waals surface area contributed by atoms with E-state index in [4.69, 9.17) is 5.73 Å². The molecule has 31 heavy (non-hydrogen) atoms. The zero-order chi connectivity index (χ0) is 22.4. The highest BCUT2D eigenvalue weighted by Crippen LogP contribution is 2.26. The van der Waals surface area contributed by atoms with E-state index in [1.165, 1.54) is 36.0 Å². The minimum absolute atomic E-state index is 0.0198. The third-order valence-corrected chi connectivity index (χ3v) is 5.12. The summed E-state index contributed by atoms with van der Waals surface area (Å²) >= 11 is 1.19. The van der Waals surface area contributed by atoms with Crippen molar-refractivity contribution in [2.45, 2.75) is 11.7 Å². The third kappa shape index (κ3) is 5.34. The van der Waals surface area contributed by atoms with Gasteiger partial charge in [0.25, 0.3) is 5.69 Å². The Morgan fingerprint density at radius 3 is 2.42 bits per heavy atom. The Balaban J connectivity index is 1.69. The van der Waals surface area contributed by atoms with Gasteiger partial charge in [0.1, 0.15) is 0 Å². The van der Waals surface area contributed by atoms with E-state index in [0.717, 1.165) is 0 Å². The maximum absolute atomic E-state index is 12.3. The number of non-ortho nitro benzene ring substituents is 1. The number of hydrogen-bond donors (Lipinski definition) is 2. The van der Waals surface area contributed by atoms with Crippen LogP contribution in [0.2, 0.25) is 0 Å². The van der Waals surface area contributed by atoms with Crippen molar-refractivity contribution in [3.63, 3.8) is 0 Å². The molecule has 0 bridgehead atoms. The fourth-order valence-electron chi connectivity index (χ4n) is 2.68. The van der Waals surface area contributed by atoms with Crippen molar-refractivity contribution in [1.82, 2.24) is 14.8 Å². The van der Waals surface area contributed by atoms with Gasteiger partial charge in [0.15, 0.2) is 11.0 Å². The lowest BCUT2D eigenvalue weighted by atomic mass is 10.2. The summed E-state index contributed by atoms with van der Waals surface area (Å²) in [6.45, 7) is 4.13. The molecule has 0 atom stereocenters. The number of carbonyl (C=O) groups excluding carboxylic acids is 2. The molecule has 3 rings (SSSR count). The van der Waals surface area contributed by atoms with Gasteiger partial charge in [-0.3, -0.25) is 24.3 Å². The van der Waals surface area contributed by atoms with Crippen LogP contribution >= 0.6 is 11.8 Å². The zero-order valence-corrected chi connectivity index (χ0v) is 17.0. The van der Waals surface area contributed by atoms with Crippen molar-refractivity contribution in [3.8, 4) is 11.4 Å². The molecule has 0 aliphatic carbocycles. The molecule has 0 saturated carbocycles. The molecule has 158 valence electrons. The van der Waals surface area contributed by atoms with Gasteiger partial charge in [-0.2, -0.15) is 0 Å². The van der Waals surface area contributed by atoms with Crippen molar-refractivity contribution in [3.05, 3.63) is 76.9 Å². The molecular formula is C20H18N6O4S. The number of nitro benzene ring substituents is 1. The van der Waals surface area contributed by atoms with Crippen LogP contribution in [-0.4, -0.2) is 37.3 Å². The Morgan fingerprint density at radius 2 is 1.84 bits per heavy atom. The highest BCUT2D eigenvalue weighted by Gasteiger charge is 2.16. The summed E-state index contributed by atoms with van der Waals surface area (Å²) in [6.07, 6.45) is 1.67. The molecule has 0 unspecified atom stereocenters. The number of hydrogen-bond acceptors (Lipinski definition) is 7. The van der Waals surface area contributed by atoms with E-state index in [1.807, 2.05) is 0 Å². The number of nitrogens with zero attached hydrogens (tertiary/aromatic N) is 4. The van der Waals surface area contributed by atoms with Gasteiger partial charge in [-0.05, 0) is 36.4 Å². The summed E-state index contributed by atoms with van der Waals surface area (Å²) in [6, 6.07) is 12.2. The highest BCUT2D eigenvalue weighted by atomic mass is 32.2. The summed E-state index contributed by atoms with van der Waals surface area (Å²) in [5.74, 6) is -0.215. The highest BCUT2D eigenvalue weighted by molar-refractivity contribution is 7.99. The number of nitro groups is 1. The monoisotopic (exact) mass is 438 g/mol. The number of nitrogens with two attached hydrogens (primary N) is 1. The topological polar surface area (TPSA) is 146 Å². The van der Waals surface area contributed by atoms with Gasteiger partial charge in [0, 0.05) is 35.5 Å². The molecule has 0 fully saturated rings. The molecule has 3 aromatic rings. The standard InChI is InChI=1S/C20H18N6O4S/c1-2-11-25-19(14-5-9-16(10-6-14)26(29)30)23-24-20(25)31-12-17(27)22-15-7-3-13(4-8-15)18(21)28/h2-10H,1,11-12H2,(H2,21,28)(H,22,27). The summed E-state index contributed by atoms with van der Waals surface area (Å²) in [5.41, 5.74) is 6.72. The van der Waals surface area contributed by atoms with Crippen molar-refractivity contribution < 1.29 is 14.5 Å². The van der Waals surface area contributed by atoms with E-state index in [2.05, 4.69) is 22.1 Å². The van der Waals surface area contributed by atoms with Crippen LogP contribution in [0.4, 0.5) is 11.4 Å². The van der Waals surface area contributed by atoms with Crippen LogP contribution in [0.5, 0.6) is 0 Å². The first-order chi connectivity index (χ1) is 14.9. The summed E-state index contributed by atoms with van der Waals surface area (Å²) in [4.78, 5) is 33.8. The number of thioether (sulfide) groups is 1. The van der Waals surface area contributed by atoms with Crippen LogP contribution in [0.3, 0.4) is 0 Å². The molecule has 0 saturated heterocycles. The third-order valence-electron chi connectivity index (χ3n) is 4.15. The number of aromatic nitrogens is 3. The SMILES string of the molecule is C=CCn1c(SCC(=O)Nc2ccc(C(N)=O)cc2)nnc1-c1ccc([N+](=O)[O-])cc1.